The lowest BCUT2D eigenvalue weighted by Crippen LogP contribution is -2.13. The predicted octanol–water partition coefficient (Wildman–Crippen LogP) is 6.13. The van der Waals surface area contributed by atoms with Crippen LogP contribution in [0.5, 0.6) is 0 Å². The van der Waals surface area contributed by atoms with Gasteiger partial charge in [-0.2, -0.15) is 5.26 Å². The van der Waals surface area contributed by atoms with Crippen LogP contribution in [0.25, 0.3) is 55.6 Å². The van der Waals surface area contributed by atoms with E-state index in [9.17, 15) is 5.26 Å². The fourth-order valence-corrected chi connectivity index (χ4v) is 5.21. The molecule has 5 heterocycles. The number of aromatic nitrogens is 7. The molecule has 8 nitrogen and oxygen atoms in total. The van der Waals surface area contributed by atoms with Crippen molar-refractivity contribution in [2.24, 2.45) is 0 Å². The minimum absolute atomic E-state index is 0.572. The third kappa shape index (κ3) is 3.15. The second-order valence-corrected chi connectivity index (χ2v) is 10.1. The molecule has 184 valence electrons. The third-order valence-corrected chi connectivity index (χ3v) is 7.37. The maximum Gasteiger partial charge on any atom is 0.241 e. The van der Waals surface area contributed by atoms with Gasteiger partial charge in [-0.1, -0.05) is 25.1 Å². The number of nitrogens with one attached hydrogen (secondary N) is 1. The van der Waals surface area contributed by atoms with E-state index >= 15 is 0 Å². The van der Waals surface area contributed by atoms with Crippen molar-refractivity contribution >= 4 is 38.7 Å². The molecule has 7 aromatic rings. The van der Waals surface area contributed by atoms with Crippen LogP contribution < -0.4 is 0 Å². The molecular formula is C30H24N8. The average molecular weight is 497 g/mol. The van der Waals surface area contributed by atoms with Gasteiger partial charge in [0.15, 0.2) is 0 Å². The fourth-order valence-electron chi connectivity index (χ4n) is 5.21. The largest absolute Gasteiger partial charge is 0.346 e. The highest BCUT2D eigenvalue weighted by Gasteiger charge is 2.22. The van der Waals surface area contributed by atoms with Gasteiger partial charge in [-0.15, -0.1) is 10.2 Å². The van der Waals surface area contributed by atoms with Crippen molar-refractivity contribution in [3.05, 3.63) is 84.6 Å². The fraction of sp³-hybridized carbons (Fsp3) is 0.167. The van der Waals surface area contributed by atoms with E-state index in [0.717, 1.165) is 73.4 Å². The van der Waals surface area contributed by atoms with Crippen molar-refractivity contribution in [2.45, 2.75) is 32.6 Å². The van der Waals surface area contributed by atoms with Gasteiger partial charge in [0.2, 0.25) is 5.78 Å². The maximum atomic E-state index is 9.61. The van der Waals surface area contributed by atoms with E-state index in [1.807, 2.05) is 62.8 Å². The summed E-state index contributed by atoms with van der Waals surface area (Å²) in [6.07, 6.45) is 6.45. The van der Waals surface area contributed by atoms with E-state index in [2.05, 4.69) is 66.4 Å². The smallest absolute Gasteiger partial charge is 0.241 e. The molecule has 8 heteroatoms. The summed E-state index contributed by atoms with van der Waals surface area (Å²) in [5.41, 5.74) is 7.18. The summed E-state index contributed by atoms with van der Waals surface area (Å²) in [6, 6.07) is 21.0. The average Bonchev–Trinajstić information content (AvgIpc) is 3.67. The number of imidazole rings is 1. The number of fused-ring (bicyclic) bond motifs is 6. The van der Waals surface area contributed by atoms with Gasteiger partial charge in [0.25, 0.3) is 0 Å². The van der Waals surface area contributed by atoms with Gasteiger partial charge in [0.1, 0.15) is 11.5 Å². The number of aromatic amines is 1. The third-order valence-electron chi connectivity index (χ3n) is 7.37. The normalized spacial score (nSPS) is 12.2. The summed E-state index contributed by atoms with van der Waals surface area (Å²) in [5.74, 6) is 1.62. The summed E-state index contributed by atoms with van der Waals surface area (Å²) >= 11 is 0. The minimum atomic E-state index is -0.572. The molecule has 0 saturated carbocycles. The summed E-state index contributed by atoms with van der Waals surface area (Å²) in [6.45, 7) is 5.94. The Kier molecular flexibility index (Phi) is 4.66. The molecule has 5 aromatic heterocycles. The molecule has 0 unspecified atom stereocenters. The van der Waals surface area contributed by atoms with Crippen LogP contribution in [-0.2, 0) is 11.8 Å². The maximum absolute atomic E-state index is 9.61. The lowest BCUT2D eigenvalue weighted by Gasteiger charge is -2.16. The highest BCUT2D eigenvalue weighted by Crippen LogP contribution is 2.34. The number of benzene rings is 2. The Labute approximate surface area is 218 Å². The lowest BCUT2D eigenvalue weighted by molar-refractivity contribution is 0.687. The monoisotopic (exact) mass is 496 g/mol. The number of pyridine rings is 2. The van der Waals surface area contributed by atoms with Crippen LogP contribution in [0.4, 0.5) is 0 Å². The van der Waals surface area contributed by atoms with Gasteiger partial charge < -0.3 is 4.98 Å². The quantitative estimate of drug-likeness (QED) is 0.316. The zero-order valence-electron chi connectivity index (χ0n) is 21.3. The molecule has 0 aliphatic carbocycles. The minimum Gasteiger partial charge on any atom is -0.346 e. The van der Waals surface area contributed by atoms with Crippen LogP contribution in [0.3, 0.4) is 0 Å². The Hall–Kier alpha value is -5.03. The molecule has 0 spiro atoms. The van der Waals surface area contributed by atoms with Crippen LogP contribution in [0.2, 0.25) is 0 Å². The van der Waals surface area contributed by atoms with Crippen molar-refractivity contribution in [1.29, 1.82) is 5.26 Å². The molecule has 1 N–H and O–H groups in total. The van der Waals surface area contributed by atoms with Gasteiger partial charge in [0, 0.05) is 40.8 Å². The molecule has 0 bridgehead atoms. The van der Waals surface area contributed by atoms with Crippen LogP contribution >= 0.6 is 0 Å². The van der Waals surface area contributed by atoms with Gasteiger partial charge in [-0.3, -0.25) is 14.0 Å². The first-order valence-electron chi connectivity index (χ1n) is 12.6. The van der Waals surface area contributed by atoms with E-state index < -0.39 is 5.41 Å². The molecule has 0 aliphatic rings. The van der Waals surface area contributed by atoms with Gasteiger partial charge in [-0.05, 0) is 61.4 Å². The van der Waals surface area contributed by atoms with Crippen LogP contribution in [0.1, 0.15) is 32.2 Å². The molecule has 0 amide bonds. The molecule has 0 saturated heterocycles. The molecular weight excluding hydrogens is 472 g/mol. The zero-order chi connectivity index (χ0) is 26.0. The Balaban J connectivity index is 1.53. The van der Waals surface area contributed by atoms with Crippen molar-refractivity contribution in [1.82, 2.24) is 34.1 Å². The first-order valence-corrected chi connectivity index (χ1v) is 12.6. The number of aryl methyl sites for hydroxylation is 1. The predicted molar refractivity (Wildman–Crippen MR) is 148 cm³/mol. The topological polar surface area (TPSA) is 100 Å². The van der Waals surface area contributed by atoms with Crippen LogP contribution in [0.15, 0.2) is 73.2 Å². The second-order valence-electron chi connectivity index (χ2n) is 10.1. The van der Waals surface area contributed by atoms with Gasteiger partial charge in [0.05, 0.1) is 34.2 Å². The Morgan fingerprint density at radius 3 is 2.58 bits per heavy atom. The molecule has 0 aliphatic heterocycles. The second kappa shape index (κ2) is 7.98. The zero-order valence-corrected chi connectivity index (χ0v) is 21.3. The molecule has 0 atom stereocenters. The number of hydrogen-bond acceptors (Lipinski definition) is 5. The molecule has 0 radical (unpaired) electrons. The number of hydrogen-bond donors (Lipinski definition) is 1. The summed E-state index contributed by atoms with van der Waals surface area (Å²) in [7, 11) is 0. The molecule has 2 aromatic carbocycles. The Morgan fingerprint density at radius 2 is 1.79 bits per heavy atom. The van der Waals surface area contributed by atoms with Crippen LogP contribution in [0, 0.1) is 11.3 Å². The lowest BCUT2D eigenvalue weighted by atomic mass is 9.86. The number of nitrogens with zero attached hydrogens (tertiary/aromatic N) is 7. The Bertz CT molecular complexity index is 2050. The summed E-state index contributed by atoms with van der Waals surface area (Å²) < 4.78 is 4.24. The molecule has 38 heavy (non-hydrogen) atoms. The first kappa shape index (κ1) is 22.2. The standard InChI is InChI=1S/C30H24N8/c1-4-26-35-36-29-37(22-8-6-21(7-9-22)30(2,3)17-31)27-23-14-18(5-10-24(23)33-16-25(27)38(26)29)20-13-19-11-12-32-28(19)34-15-20/h5-16H,4H2,1-3H3,(H,32,34). The SMILES string of the molecule is CCc1nnc2n(-c3ccc(C(C)(C)C#N)cc3)c3c4cc(-c5cnc6[nH]ccc6c5)ccc4ncc3n12. The van der Waals surface area contributed by atoms with E-state index in [-0.39, 0.29) is 0 Å². The van der Waals surface area contributed by atoms with E-state index in [1.54, 1.807) is 0 Å². The van der Waals surface area contributed by atoms with Gasteiger partial charge >= 0.3 is 0 Å². The van der Waals surface area contributed by atoms with E-state index in [0.29, 0.717) is 0 Å². The highest BCUT2D eigenvalue weighted by molar-refractivity contribution is 6.06. The summed E-state index contributed by atoms with van der Waals surface area (Å²) in [4.78, 5) is 12.6. The van der Waals surface area contributed by atoms with Crippen molar-refractivity contribution < 1.29 is 0 Å². The van der Waals surface area contributed by atoms with E-state index in [1.165, 1.54) is 0 Å². The number of nitriles is 1. The van der Waals surface area contributed by atoms with Crippen molar-refractivity contribution in [3.63, 3.8) is 0 Å². The van der Waals surface area contributed by atoms with E-state index in [4.69, 9.17) is 4.98 Å². The van der Waals surface area contributed by atoms with Crippen molar-refractivity contribution in [2.75, 3.05) is 0 Å². The Morgan fingerprint density at radius 1 is 0.947 bits per heavy atom. The number of rotatable bonds is 4. The first-order chi connectivity index (χ1) is 18.5. The van der Waals surface area contributed by atoms with Crippen LogP contribution in [-0.4, -0.2) is 34.1 Å². The molecule has 0 fully saturated rings. The van der Waals surface area contributed by atoms with Crippen molar-refractivity contribution in [3.8, 4) is 22.9 Å². The molecule has 7 rings (SSSR count). The van der Waals surface area contributed by atoms with Gasteiger partial charge in [-0.25, -0.2) is 4.98 Å². The summed E-state index contributed by atoms with van der Waals surface area (Å²) in [5, 5.41) is 20.7. The highest BCUT2D eigenvalue weighted by atomic mass is 15.3. The number of H-pyrrole nitrogens is 1.